The van der Waals surface area contributed by atoms with Gasteiger partial charge in [0.2, 0.25) is 0 Å². The molecule has 1 aromatic heterocycles. The van der Waals surface area contributed by atoms with Crippen molar-refractivity contribution in [2.24, 2.45) is 7.05 Å². The smallest absolute Gasteiger partial charge is 0.123 e. The van der Waals surface area contributed by atoms with Crippen LogP contribution in [0.2, 0.25) is 0 Å². The zero-order chi connectivity index (χ0) is 10.8. The van der Waals surface area contributed by atoms with Gasteiger partial charge in [0.05, 0.1) is 11.9 Å². The summed E-state index contributed by atoms with van der Waals surface area (Å²) in [6.45, 7) is 2.01. The van der Waals surface area contributed by atoms with Crippen LogP contribution in [0.15, 0.2) is 30.5 Å². The van der Waals surface area contributed by atoms with Crippen LogP contribution in [0, 0.1) is 5.82 Å². The lowest BCUT2D eigenvalue weighted by Gasteiger charge is -2.11. The van der Waals surface area contributed by atoms with E-state index in [9.17, 15) is 4.39 Å². The summed E-state index contributed by atoms with van der Waals surface area (Å²) >= 11 is 0. The second-order valence-electron chi connectivity index (χ2n) is 3.56. The first-order valence-electron chi connectivity index (χ1n) is 4.78. The van der Waals surface area contributed by atoms with Crippen LogP contribution in [-0.2, 0) is 7.05 Å². The van der Waals surface area contributed by atoms with Crippen molar-refractivity contribution in [3.05, 3.63) is 47.5 Å². The Balaban J connectivity index is 2.36. The fraction of sp³-hybridized carbons (Fsp3) is 0.273. The minimum absolute atomic E-state index is 0.0979. The molecule has 3 nitrogen and oxygen atoms in total. The van der Waals surface area contributed by atoms with E-state index in [1.807, 2.05) is 20.0 Å². The van der Waals surface area contributed by atoms with Crippen molar-refractivity contribution in [2.75, 3.05) is 0 Å². The molecule has 2 aromatic rings. The fourth-order valence-electron chi connectivity index (χ4n) is 1.64. The maximum Gasteiger partial charge on any atom is 0.123 e. The summed E-state index contributed by atoms with van der Waals surface area (Å²) in [5.41, 5.74) is 1.90. The van der Waals surface area contributed by atoms with Crippen LogP contribution in [0.4, 0.5) is 4.39 Å². The van der Waals surface area contributed by atoms with Crippen molar-refractivity contribution in [3.8, 4) is 0 Å². The molecule has 1 atom stereocenters. The van der Waals surface area contributed by atoms with Crippen molar-refractivity contribution in [2.45, 2.75) is 12.8 Å². The normalized spacial score (nSPS) is 12.7. The first-order chi connectivity index (χ1) is 7.18. The van der Waals surface area contributed by atoms with Crippen LogP contribution in [0.1, 0.15) is 24.1 Å². The summed E-state index contributed by atoms with van der Waals surface area (Å²) in [5, 5.41) is 7.67. The number of halogens is 1. The highest BCUT2D eigenvalue weighted by atomic mass is 19.1. The van der Waals surface area contributed by atoms with Gasteiger partial charge < -0.3 is 0 Å². The van der Waals surface area contributed by atoms with Gasteiger partial charge in [-0.1, -0.05) is 24.3 Å². The third-order valence-corrected chi connectivity index (χ3v) is 2.54. The molecule has 0 fully saturated rings. The highest BCUT2D eigenvalue weighted by molar-refractivity contribution is 5.26. The topological polar surface area (TPSA) is 30.7 Å². The van der Waals surface area contributed by atoms with Crippen molar-refractivity contribution >= 4 is 0 Å². The molecule has 4 heteroatoms. The first-order valence-corrected chi connectivity index (χ1v) is 4.78. The summed E-state index contributed by atoms with van der Waals surface area (Å²) in [6.07, 6.45) is 1.70. The van der Waals surface area contributed by atoms with Gasteiger partial charge in [-0.2, -0.15) is 0 Å². The average molecular weight is 205 g/mol. The van der Waals surface area contributed by atoms with Gasteiger partial charge in [-0.15, -0.1) is 5.10 Å². The first kappa shape index (κ1) is 9.83. The van der Waals surface area contributed by atoms with Crippen LogP contribution in [0.3, 0.4) is 0 Å². The number of hydrogen-bond acceptors (Lipinski definition) is 2. The number of aryl methyl sites for hydroxylation is 1. The second kappa shape index (κ2) is 3.81. The Morgan fingerprint density at radius 2 is 2.20 bits per heavy atom. The molecular formula is C11H12FN3. The number of benzene rings is 1. The molecule has 0 aliphatic carbocycles. The summed E-state index contributed by atoms with van der Waals surface area (Å²) in [4.78, 5) is 0. The number of rotatable bonds is 2. The standard InChI is InChI=1S/C11H12FN3/c1-8(11-7-13-14-15(11)2)9-4-3-5-10(12)6-9/h3-8H,1-2H3. The molecule has 1 heterocycles. The lowest BCUT2D eigenvalue weighted by molar-refractivity contribution is 0.620. The maximum absolute atomic E-state index is 13.0. The molecule has 0 aliphatic heterocycles. The molecule has 78 valence electrons. The molecule has 1 aromatic carbocycles. The molecule has 0 radical (unpaired) electrons. The summed E-state index contributed by atoms with van der Waals surface area (Å²) in [7, 11) is 1.83. The van der Waals surface area contributed by atoms with Crippen LogP contribution in [0.25, 0.3) is 0 Å². The maximum atomic E-state index is 13.0. The lowest BCUT2D eigenvalue weighted by atomic mass is 9.98. The van der Waals surface area contributed by atoms with E-state index in [-0.39, 0.29) is 11.7 Å². The fourth-order valence-corrected chi connectivity index (χ4v) is 1.64. The largest absolute Gasteiger partial charge is 0.252 e. The van der Waals surface area contributed by atoms with E-state index in [0.29, 0.717) is 0 Å². The van der Waals surface area contributed by atoms with E-state index in [0.717, 1.165) is 11.3 Å². The second-order valence-corrected chi connectivity index (χ2v) is 3.56. The van der Waals surface area contributed by atoms with Crippen LogP contribution < -0.4 is 0 Å². The van der Waals surface area contributed by atoms with Crippen molar-refractivity contribution in [1.82, 2.24) is 15.0 Å². The highest BCUT2D eigenvalue weighted by Crippen LogP contribution is 2.22. The lowest BCUT2D eigenvalue weighted by Crippen LogP contribution is -2.04. The van der Waals surface area contributed by atoms with Crippen molar-refractivity contribution in [3.63, 3.8) is 0 Å². The molecule has 0 saturated heterocycles. The molecule has 0 amide bonds. The average Bonchev–Trinajstić information content (AvgIpc) is 2.63. The summed E-state index contributed by atoms with van der Waals surface area (Å²) < 4.78 is 14.7. The molecule has 1 unspecified atom stereocenters. The van der Waals surface area contributed by atoms with Gasteiger partial charge in [0.15, 0.2) is 0 Å². The van der Waals surface area contributed by atoms with Crippen molar-refractivity contribution < 1.29 is 4.39 Å². The van der Waals surface area contributed by atoms with Gasteiger partial charge in [0, 0.05) is 13.0 Å². The molecule has 0 spiro atoms. The molecule has 0 saturated carbocycles. The van der Waals surface area contributed by atoms with Crippen molar-refractivity contribution in [1.29, 1.82) is 0 Å². The molecule has 2 rings (SSSR count). The van der Waals surface area contributed by atoms with E-state index < -0.39 is 0 Å². The third kappa shape index (κ3) is 1.88. The zero-order valence-corrected chi connectivity index (χ0v) is 8.68. The Kier molecular flexibility index (Phi) is 2.49. The minimum atomic E-state index is -0.213. The van der Waals surface area contributed by atoms with E-state index in [2.05, 4.69) is 10.3 Å². The van der Waals surface area contributed by atoms with E-state index >= 15 is 0 Å². The quantitative estimate of drug-likeness (QED) is 0.751. The summed E-state index contributed by atoms with van der Waals surface area (Å²) in [5.74, 6) is -0.116. The predicted molar refractivity (Wildman–Crippen MR) is 54.9 cm³/mol. The zero-order valence-electron chi connectivity index (χ0n) is 8.68. The van der Waals surface area contributed by atoms with Gasteiger partial charge in [-0.05, 0) is 17.7 Å². The third-order valence-electron chi connectivity index (χ3n) is 2.54. The van der Waals surface area contributed by atoms with Gasteiger partial charge in [0.1, 0.15) is 5.82 Å². The molecule has 0 aliphatic rings. The number of aromatic nitrogens is 3. The van der Waals surface area contributed by atoms with E-state index in [4.69, 9.17) is 0 Å². The Labute approximate surface area is 87.5 Å². The Bertz CT molecular complexity index is 464. The Morgan fingerprint density at radius 1 is 1.40 bits per heavy atom. The van der Waals surface area contributed by atoms with E-state index in [1.54, 1.807) is 16.9 Å². The Hall–Kier alpha value is -1.71. The molecular weight excluding hydrogens is 193 g/mol. The van der Waals surface area contributed by atoms with Gasteiger partial charge >= 0.3 is 0 Å². The van der Waals surface area contributed by atoms with Gasteiger partial charge in [-0.25, -0.2) is 4.39 Å². The van der Waals surface area contributed by atoms with Crippen LogP contribution in [-0.4, -0.2) is 15.0 Å². The van der Waals surface area contributed by atoms with Crippen LogP contribution in [0.5, 0.6) is 0 Å². The minimum Gasteiger partial charge on any atom is -0.252 e. The van der Waals surface area contributed by atoms with Crippen LogP contribution >= 0.6 is 0 Å². The predicted octanol–water partition coefficient (Wildman–Crippen LogP) is 2.11. The van der Waals surface area contributed by atoms with Gasteiger partial charge in [0.25, 0.3) is 0 Å². The SMILES string of the molecule is CC(c1cccc(F)c1)c1cnnn1C. The summed E-state index contributed by atoms with van der Waals surface area (Å²) in [6, 6.07) is 6.60. The number of hydrogen-bond donors (Lipinski definition) is 0. The molecule has 0 bridgehead atoms. The number of nitrogens with zero attached hydrogens (tertiary/aromatic N) is 3. The highest BCUT2D eigenvalue weighted by Gasteiger charge is 2.12. The monoisotopic (exact) mass is 205 g/mol. The van der Waals surface area contributed by atoms with Gasteiger partial charge in [-0.3, -0.25) is 4.68 Å². The molecule has 15 heavy (non-hydrogen) atoms. The van der Waals surface area contributed by atoms with E-state index in [1.165, 1.54) is 12.1 Å². The molecule has 0 N–H and O–H groups in total. The Morgan fingerprint density at radius 3 is 2.80 bits per heavy atom.